The van der Waals surface area contributed by atoms with E-state index in [-0.39, 0.29) is 12.8 Å². The summed E-state index contributed by atoms with van der Waals surface area (Å²) in [4.78, 5) is 27.0. The summed E-state index contributed by atoms with van der Waals surface area (Å²) in [6.45, 7) is 0. The lowest BCUT2D eigenvalue weighted by Crippen LogP contribution is -2.15. The summed E-state index contributed by atoms with van der Waals surface area (Å²) in [5.74, 6) is -0.867. The fraction of sp³-hybridized carbons (Fsp3) is 0.130. The number of carbonyl (C=O) groups is 2. The first-order valence-electron chi connectivity index (χ1n) is 8.94. The van der Waals surface area contributed by atoms with Crippen molar-refractivity contribution >= 4 is 22.2 Å². The van der Waals surface area contributed by atoms with Crippen molar-refractivity contribution in [2.24, 2.45) is 0 Å². The fourth-order valence-corrected chi connectivity index (χ4v) is 5.96. The highest BCUT2D eigenvalue weighted by molar-refractivity contribution is 8.30. The SMILES string of the molecule is COC(=O)CCC(=O)OS(c1ccccc1)(c1ccccc1)c1ccccc1. The molecule has 0 aliphatic carbocycles. The normalized spacial score (nSPS) is 11.5. The average molecular weight is 394 g/mol. The average Bonchev–Trinajstić information content (AvgIpc) is 2.77. The van der Waals surface area contributed by atoms with Crippen LogP contribution >= 0.6 is 10.3 Å². The van der Waals surface area contributed by atoms with Gasteiger partial charge in [-0.2, -0.15) is 0 Å². The number of methoxy groups -OCH3 is 1. The van der Waals surface area contributed by atoms with Gasteiger partial charge in [-0.15, -0.1) is 0 Å². The van der Waals surface area contributed by atoms with Crippen LogP contribution < -0.4 is 0 Å². The van der Waals surface area contributed by atoms with Crippen LogP contribution in [0.25, 0.3) is 0 Å². The molecule has 3 rings (SSSR count). The van der Waals surface area contributed by atoms with Gasteiger partial charge in [-0.25, -0.2) is 0 Å². The van der Waals surface area contributed by atoms with Crippen LogP contribution in [0, 0.1) is 0 Å². The van der Waals surface area contributed by atoms with Gasteiger partial charge in [0.15, 0.2) is 0 Å². The van der Waals surface area contributed by atoms with Crippen molar-refractivity contribution in [3.63, 3.8) is 0 Å². The maximum absolute atomic E-state index is 12.8. The quantitative estimate of drug-likeness (QED) is 0.505. The molecule has 144 valence electrons. The smallest absolute Gasteiger partial charge is 0.317 e. The molecule has 0 spiro atoms. The molecule has 0 fully saturated rings. The van der Waals surface area contributed by atoms with Gasteiger partial charge in [0.1, 0.15) is 0 Å². The summed E-state index contributed by atoms with van der Waals surface area (Å²) >= 11 is 0. The first-order chi connectivity index (χ1) is 13.7. The largest absolute Gasteiger partial charge is 0.469 e. The zero-order valence-electron chi connectivity index (χ0n) is 15.6. The van der Waals surface area contributed by atoms with E-state index in [1.807, 2.05) is 91.0 Å². The van der Waals surface area contributed by atoms with Crippen molar-refractivity contribution in [3.05, 3.63) is 91.0 Å². The van der Waals surface area contributed by atoms with Crippen LogP contribution in [0.5, 0.6) is 0 Å². The standard InChI is InChI=1S/C23H22O4S/c1-26-22(24)17-18-23(25)27-28(19-11-5-2-6-12-19,20-13-7-3-8-14-20)21-15-9-4-10-16-21/h2-16H,17-18H2,1H3. The first kappa shape index (κ1) is 19.7. The van der Waals surface area contributed by atoms with Gasteiger partial charge in [0, 0.05) is 14.7 Å². The minimum absolute atomic E-state index is 0.0107. The molecule has 0 unspecified atom stereocenters. The molecule has 0 radical (unpaired) electrons. The van der Waals surface area contributed by atoms with E-state index in [1.165, 1.54) is 7.11 Å². The molecule has 28 heavy (non-hydrogen) atoms. The Hall–Kier alpha value is -3.05. The van der Waals surface area contributed by atoms with Gasteiger partial charge < -0.3 is 8.92 Å². The zero-order valence-corrected chi connectivity index (χ0v) is 16.4. The monoisotopic (exact) mass is 394 g/mol. The summed E-state index contributed by atoms with van der Waals surface area (Å²) < 4.78 is 10.9. The van der Waals surface area contributed by atoms with E-state index >= 15 is 0 Å². The molecule has 0 bridgehead atoms. The molecular formula is C23H22O4S. The summed E-state index contributed by atoms with van der Waals surface area (Å²) in [5, 5.41) is 0. The number of esters is 1. The number of hydrogen-bond acceptors (Lipinski definition) is 4. The Bertz CT molecular complexity index is 814. The van der Waals surface area contributed by atoms with E-state index in [9.17, 15) is 9.59 Å². The Labute approximate surface area is 166 Å². The third kappa shape index (κ3) is 4.26. The van der Waals surface area contributed by atoms with Gasteiger partial charge >= 0.3 is 11.9 Å². The second kappa shape index (κ2) is 9.24. The Kier molecular flexibility index (Phi) is 6.50. The highest BCUT2D eigenvalue weighted by atomic mass is 32.3. The van der Waals surface area contributed by atoms with Crippen LogP contribution in [0.4, 0.5) is 0 Å². The summed E-state index contributed by atoms with van der Waals surface area (Å²) in [6.07, 6.45) is -0.0445. The lowest BCUT2D eigenvalue weighted by molar-refractivity contribution is -0.144. The number of carbonyl (C=O) groups excluding carboxylic acids is 2. The van der Waals surface area contributed by atoms with Crippen LogP contribution in [0.1, 0.15) is 12.8 Å². The molecule has 0 saturated heterocycles. The van der Waals surface area contributed by atoms with E-state index in [1.54, 1.807) is 0 Å². The minimum atomic E-state index is -2.29. The van der Waals surface area contributed by atoms with Gasteiger partial charge in [0.2, 0.25) is 0 Å². The molecule has 5 heteroatoms. The van der Waals surface area contributed by atoms with Crippen molar-refractivity contribution < 1.29 is 18.5 Å². The third-order valence-corrected chi connectivity index (χ3v) is 7.45. The maximum atomic E-state index is 12.8. The molecule has 0 amide bonds. The minimum Gasteiger partial charge on any atom is -0.469 e. The van der Waals surface area contributed by atoms with Gasteiger partial charge in [0.25, 0.3) is 0 Å². The van der Waals surface area contributed by atoms with Crippen LogP contribution in [0.3, 0.4) is 0 Å². The molecule has 0 aliphatic rings. The highest BCUT2D eigenvalue weighted by Crippen LogP contribution is 2.69. The topological polar surface area (TPSA) is 52.6 Å². The Morgan fingerprint density at radius 2 is 1.00 bits per heavy atom. The summed E-state index contributed by atoms with van der Waals surface area (Å²) in [6, 6.07) is 29.3. The number of benzene rings is 3. The van der Waals surface area contributed by atoms with Crippen molar-refractivity contribution in [2.45, 2.75) is 27.5 Å². The Balaban J connectivity index is 2.11. The Morgan fingerprint density at radius 1 is 0.643 bits per heavy atom. The van der Waals surface area contributed by atoms with Crippen LogP contribution in [-0.2, 0) is 18.5 Å². The highest BCUT2D eigenvalue weighted by Gasteiger charge is 2.35. The van der Waals surface area contributed by atoms with Gasteiger partial charge in [-0.1, -0.05) is 54.6 Å². The maximum Gasteiger partial charge on any atom is 0.317 e. The molecule has 0 N–H and O–H groups in total. The lowest BCUT2D eigenvalue weighted by atomic mass is 10.3. The molecule has 0 aliphatic heterocycles. The fourth-order valence-electron chi connectivity index (χ4n) is 2.88. The lowest BCUT2D eigenvalue weighted by Gasteiger charge is -2.39. The van der Waals surface area contributed by atoms with Crippen molar-refractivity contribution in [2.75, 3.05) is 7.11 Å². The van der Waals surface area contributed by atoms with E-state index in [0.29, 0.717) is 0 Å². The molecule has 0 aromatic heterocycles. The van der Waals surface area contributed by atoms with E-state index in [4.69, 9.17) is 4.18 Å². The molecule has 3 aromatic carbocycles. The second-order valence-corrected chi connectivity index (χ2v) is 8.72. The van der Waals surface area contributed by atoms with Gasteiger partial charge in [-0.05, 0) is 46.7 Å². The molecule has 0 saturated carbocycles. The van der Waals surface area contributed by atoms with Crippen LogP contribution in [0.2, 0.25) is 0 Å². The van der Waals surface area contributed by atoms with Gasteiger partial charge in [0.05, 0.1) is 20.0 Å². The zero-order chi connectivity index (χ0) is 19.8. The number of rotatable bonds is 7. The van der Waals surface area contributed by atoms with E-state index in [2.05, 4.69) is 4.74 Å². The second-order valence-electron chi connectivity index (χ2n) is 6.03. The van der Waals surface area contributed by atoms with Crippen molar-refractivity contribution in [1.29, 1.82) is 0 Å². The summed E-state index contributed by atoms with van der Waals surface area (Å²) in [7, 11) is -0.981. The van der Waals surface area contributed by atoms with Crippen molar-refractivity contribution in [1.82, 2.24) is 0 Å². The molecule has 0 heterocycles. The Morgan fingerprint density at radius 3 is 1.36 bits per heavy atom. The molecule has 0 atom stereocenters. The summed E-state index contributed by atoms with van der Waals surface area (Å²) in [5.41, 5.74) is 0. The van der Waals surface area contributed by atoms with E-state index in [0.717, 1.165) is 14.7 Å². The number of ether oxygens (including phenoxy) is 1. The molecule has 4 nitrogen and oxygen atoms in total. The van der Waals surface area contributed by atoms with E-state index < -0.39 is 22.2 Å². The molecule has 3 aromatic rings. The predicted octanol–water partition coefficient (Wildman–Crippen LogP) is 5.38. The van der Waals surface area contributed by atoms with Crippen molar-refractivity contribution in [3.8, 4) is 0 Å². The van der Waals surface area contributed by atoms with Crippen LogP contribution in [0.15, 0.2) is 106 Å². The molecular weight excluding hydrogens is 372 g/mol. The first-order valence-corrected chi connectivity index (χ1v) is 10.5. The third-order valence-electron chi connectivity index (χ3n) is 4.20. The number of hydrogen-bond donors (Lipinski definition) is 0. The van der Waals surface area contributed by atoms with Crippen LogP contribution in [-0.4, -0.2) is 19.0 Å². The predicted molar refractivity (Wildman–Crippen MR) is 109 cm³/mol. The van der Waals surface area contributed by atoms with Gasteiger partial charge in [-0.3, -0.25) is 9.59 Å².